The van der Waals surface area contributed by atoms with Crippen LogP contribution in [-0.2, 0) is 9.53 Å². The number of hydrogen-bond acceptors (Lipinski definition) is 4. The highest BCUT2D eigenvalue weighted by Gasteiger charge is 2.38. The van der Waals surface area contributed by atoms with Gasteiger partial charge in [0.25, 0.3) is 0 Å². The molecule has 122 valence electrons. The highest BCUT2D eigenvalue weighted by atomic mass is 28.4. The first kappa shape index (κ1) is 18.5. The van der Waals surface area contributed by atoms with Gasteiger partial charge in [0.2, 0.25) is 8.32 Å². The molecule has 0 aliphatic carbocycles. The maximum atomic E-state index is 11.0. The van der Waals surface area contributed by atoms with Gasteiger partial charge in [0.05, 0.1) is 13.2 Å². The van der Waals surface area contributed by atoms with Crippen molar-refractivity contribution < 1.29 is 19.1 Å². The molecule has 0 bridgehead atoms. The molecule has 1 N–H and O–H groups in total. The minimum Gasteiger partial charge on any atom is -0.544 e. The third kappa shape index (κ3) is 5.00. The largest absolute Gasteiger partial charge is 0.544 e. The number of carbonyl (C=O) groups is 1. The van der Waals surface area contributed by atoms with Crippen molar-refractivity contribution >= 4 is 14.3 Å². The van der Waals surface area contributed by atoms with Crippen molar-refractivity contribution in [2.24, 2.45) is 0 Å². The van der Waals surface area contributed by atoms with Gasteiger partial charge in [0.1, 0.15) is 5.75 Å². The van der Waals surface area contributed by atoms with Gasteiger partial charge in [-0.2, -0.15) is 0 Å². The first-order chi connectivity index (χ1) is 10.1. The maximum Gasteiger partial charge on any atom is 0.330 e. The topological polar surface area (TPSA) is 55.8 Å². The minimum atomic E-state index is -1.86. The van der Waals surface area contributed by atoms with Crippen LogP contribution in [0.3, 0.4) is 0 Å². The van der Waals surface area contributed by atoms with E-state index < -0.39 is 20.4 Å². The number of ether oxygens (including phenoxy) is 1. The zero-order valence-electron chi connectivity index (χ0n) is 14.2. The van der Waals surface area contributed by atoms with Crippen LogP contribution in [0.2, 0.25) is 18.1 Å². The Morgan fingerprint density at radius 1 is 1.23 bits per heavy atom. The monoisotopic (exact) mass is 322 g/mol. The fourth-order valence-corrected chi connectivity index (χ4v) is 2.56. The minimum absolute atomic E-state index is 0.133. The third-order valence-electron chi connectivity index (χ3n) is 4.02. The first-order valence-electron chi connectivity index (χ1n) is 7.30. The first-order valence-corrected chi connectivity index (χ1v) is 10.2. The second-order valence-corrected chi connectivity index (χ2v) is 11.5. The fourth-order valence-electron chi connectivity index (χ4n) is 1.53. The molecule has 1 aromatic carbocycles. The molecule has 1 atom stereocenters. The summed E-state index contributed by atoms with van der Waals surface area (Å²) in [4.78, 5) is 11.0. The Morgan fingerprint density at radius 2 is 1.77 bits per heavy atom. The van der Waals surface area contributed by atoms with Gasteiger partial charge in [-0.3, -0.25) is 0 Å². The second-order valence-electron chi connectivity index (χ2n) is 6.76. The number of esters is 1. The second kappa shape index (κ2) is 7.11. The average molecular weight is 322 g/mol. The van der Waals surface area contributed by atoms with Crippen LogP contribution in [0.1, 0.15) is 32.4 Å². The van der Waals surface area contributed by atoms with Crippen molar-refractivity contribution in [3.8, 4) is 5.75 Å². The lowest BCUT2D eigenvalue weighted by atomic mass is 10.1. The Labute approximate surface area is 133 Å². The predicted octanol–water partition coefficient (Wildman–Crippen LogP) is 3.83. The standard InChI is InChI=1S/C17H26O4Si/c1-17(2,3)22(5,6)21-14-9-7-13(8-10-14)15(18)11-12-16(19)20-4/h7-12,15,18H,1-6H3/b12-11+. The number of aliphatic hydroxyl groups is 1. The van der Waals surface area contributed by atoms with Crippen molar-refractivity contribution in [1.29, 1.82) is 0 Å². The summed E-state index contributed by atoms with van der Waals surface area (Å²) in [5.41, 5.74) is 0.697. The van der Waals surface area contributed by atoms with Gasteiger partial charge in [0, 0.05) is 6.08 Å². The molecule has 0 aromatic heterocycles. The van der Waals surface area contributed by atoms with Gasteiger partial charge >= 0.3 is 5.97 Å². The van der Waals surface area contributed by atoms with Crippen LogP contribution in [0.25, 0.3) is 0 Å². The molecule has 0 saturated heterocycles. The van der Waals surface area contributed by atoms with E-state index in [-0.39, 0.29) is 5.04 Å². The molecule has 0 radical (unpaired) electrons. The van der Waals surface area contributed by atoms with E-state index in [1.807, 2.05) is 12.1 Å². The van der Waals surface area contributed by atoms with Crippen molar-refractivity contribution in [1.82, 2.24) is 0 Å². The number of methoxy groups -OCH3 is 1. The zero-order valence-corrected chi connectivity index (χ0v) is 15.2. The summed E-state index contributed by atoms with van der Waals surface area (Å²) in [7, 11) is -0.565. The molecule has 1 aromatic rings. The summed E-state index contributed by atoms with van der Waals surface area (Å²) in [6.07, 6.45) is 1.77. The van der Waals surface area contributed by atoms with E-state index >= 15 is 0 Å². The molecule has 0 spiro atoms. The Bertz CT molecular complexity index is 527. The van der Waals surface area contributed by atoms with Crippen LogP contribution in [0.4, 0.5) is 0 Å². The molecule has 0 heterocycles. The molecule has 1 unspecified atom stereocenters. The summed E-state index contributed by atoms with van der Waals surface area (Å²) >= 11 is 0. The van der Waals surface area contributed by atoms with Crippen LogP contribution in [0.5, 0.6) is 5.75 Å². The summed E-state index contributed by atoms with van der Waals surface area (Å²) in [6.45, 7) is 10.9. The van der Waals surface area contributed by atoms with Crippen LogP contribution >= 0.6 is 0 Å². The summed E-state index contributed by atoms with van der Waals surface area (Å²) in [5, 5.41) is 10.1. The molecule has 0 amide bonds. The van der Waals surface area contributed by atoms with Crippen molar-refractivity contribution in [2.75, 3.05) is 7.11 Å². The normalized spacial score (nSPS) is 14.0. The van der Waals surface area contributed by atoms with E-state index in [1.165, 1.54) is 19.3 Å². The summed E-state index contributed by atoms with van der Waals surface area (Å²) < 4.78 is 10.7. The Balaban J connectivity index is 2.79. The smallest absolute Gasteiger partial charge is 0.330 e. The molecule has 0 saturated carbocycles. The van der Waals surface area contributed by atoms with E-state index in [1.54, 1.807) is 12.1 Å². The molecular weight excluding hydrogens is 296 g/mol. The Morgan fingerprint density at radius 3 is 2.23 bits per heavy atom. The van der Waals surface area contributed by atoms with Gasteiger partial charge in [-0.1, -0.05) is 32.9 Å². The lowest BCUT2D eigenvalue weighted by Gasteiger charge is -2.36. The predicted molar refractivity (Wildman–Crippen MR) is 90.4 cm³/mol. The van der Waals surface area contributed by atoms with Crippen molar-refractivity contribution in [3.05, 3.63) is 42.0 Å². The van der Waals surface area contributed by atoms with Crippen LogP contribution < -0.4 is 4.43 Å². The molecular formula is C17H26O4Si. The van der Waals surface area contributed by atoms with Gasteiger partial charge in [-0.15, -0.1) is 0 Å². The number of rotatable bonds is 5. The van der Waals surface area contributed by atoms with E-state index in [4.69, 9.17) is 4.43 Å². The number of aliphatic hydroxyl groups excluding tert-OH is 1. The summed E-state index contributed by atoms with van der Waals surface area (Å²) in [5.74, 6) is 0.316. The third-order valence-corrected chi connectivity index (χ3v) is 8.37. The number of hydrogen-bond donors (Lipinski definition) is 1. The summed E-state index contributed by atoms with van der Waals surface area (Å²) in [6, 6.07) is 7.31. The molecule has 5 heteroatoms. The van der Waals surface area contributed by atoms with Gasteiger partial charge in [-0.05, 0) is 41.9 Å². The van der Waals surface area contributed by atoms with Gasteiger partial charge < -0.3 is 14.3 Å². The molecule has 4 nitrogen and oxygen atoms in total. The van der Waals surface area contributed by atoms with E-state index in [0.717, 1.165) is 5.75 Å². The van der Waals surface area contributed by atoms with Crippen LogP contribution in [-0.4, -0.2) is 26.5 Å². The van der Waals surface area contributed by atoms with E-state index in [9.17, 15) is 9.90 Å². The van der Waals surface area contributed by atoms with Gasteiger partial charge in [0.15, 0.2) is 0 Å². The highest BCUT2D eigenvalue weighted by Crippen LogP contribution is 2.37. The Kier molecular flexibility index (Phi) is 5.97. The van der Waals surface area contributed by atoms with Crippen LogP contribution in [0, 0.1) is 0 Å². The van der Waals surface area contributed by atoms with E-state index in [2.05, 4.69) is 38.6 Å². The quantitative estimate of drug-likeness (QED) is 0.508. The van der Waals surface area contributed by atoms with Crippen LogP contribution in [0.15, 0.2) is 36.4 Å². The lowest BCUT2D eigenvalue weighted by molar-refractivity contribution is -0.134. The van der Waals surface area contributed by atoms with Crippen molar-refractivity contribution in [2.45, 2.75) is 45.0 Å². The highest BCUT2D eigenvalue weighted by molar-refractivity contribution is 6.74. The number of benzene rings is 1. The average Bonchev–Trinajstić information content (AvgIpc) is 2.43. The molecule has 22 heavy (non-hydrogen) atoms. The molecule has 0 fully saturated rings. The molecule has 0 aliphatic rings. The SMILES string of the molecule is COC(=O)/C=C/C(O)c1ccc(O[Si](C)(C)C(C)(C)C)cc1. The van der Waals surface area contributed by atoms with E-state index in [0.29, 0.717) is 5.56 Å². The number of carbonyl (C=O) groups excluding carboxylic acids is 1. The van der Waals surface area contributed by atoms with Crippen molar-refractivity contribution in [3.63, 3.8) is 0 Å². The Hall–Kier alpha value is -1.59. The maximum absolute atomic E-state index is 11.0. The van der Waals surface area contributed by atoms with Gasteiger partial charge in [-0.25, -0.2) is 4.79 Å². The molecule has 1 rings (SSSR count). The lowest BCUT2D eigenvalue weighted by Crippen LogP contribution is -2.43. The fraction of sp³-hybridized carbons (Fsp3) is 0.471. The molecule has 0 aliphatic heterocycles. The zero-order chi connectivity index (χ0) is 17.0.